The van der Waals surface area contributed by atoms with Gasteiger partial charge in [-0.15, -0.1) is 11.3 Å². The van der Waals surface area contributed by atoms with Crippen LogP contribution in [0.1, 0.15) is 15.4 Å². The van der Waals surface area contributed by atoms with Gasteiger partial charge in [-0.25, -0.2) is 4.98 Å². The highest BCUT2D eigenvalue weighted by Gasteiger charge is 2.11. The summed E-state index contributed by atoms with van der Waals surface area (Å²) in [6.07, 6.45) is 1.56. The van der Waals surface area contributed by atoms with E-state index in [-0.39, 0.29) is 0 Å². The van der Waals surface area contributed by atoms with Gasteiger partial charge in [0.05, 0.1) is 4.88 Å². The first-order valence-electron chi connectivity index (χ1n) is 4.46. The van der Waals surface area contributed by atoms with Crippen molar-refractivity contribution in [2.24, 2.45) is 5.73 Å². The van der Waals surface area contributed by atoms with Gasteiger partial charge in [-0.3, -0.25) is 4.79 Å². The monoisotopic (exact) mass is 229 g/mol. The Morgan fingerprint density at radius 2 is 2.25 bits per heavy atom. The zero-order valence-corrected chi connectivity index (χ0v) is 8.99. The van der Waals surface area contributed by atoms with Crippen molar-refractivity contribution < 1.29 is 4.79 Å². The summed E-state index contributed by atoms with van der Waals surface area (Å²) in [6, 6.07) is 7.11. The van der Waals surface area contributed by atoms with Crippen LogP contribution in [0.3, 0.4) is 0 Å². The van der Waals surface area contributed by atoms with Gasteiger partial charge in [-0.05, 0) is 23.6 Å². The van der Waals surface area contributed by atoms with E-state index in [4.69, 9.17) is 11.0 Å². The Morgan fingerprint density at radius 1 is 1.44 bits per heavy atom. The number of nitriles is 1. The number of rotatable bonds is 2. The molecular weight excluding hydrogens is 222 g/mol. The van der Waals surface area contributed by atoms with Gasteiger partial charge in [-0.2, -0.15) is 5.26 Å². The molecular formula is C11H7N3OS. The molecule has 5 heteroatoms. The minimum Gasteiger partial charge on any atom is -0.365 e. The zero-order valence-electron chi connectivity index (χ0n) is 8.18. The molecule has 2 aromatic rings. The highest BCUT2D eigenvalue weighted by molar-refractivity contribution is 7.12. The molecule has 0 bridgehead atoms. The average Bonchev–Trinajstić information content (AvgIpc) is 2.78. The molecule has 78 valence electrons. The first kappa shape index (κ1) is 10.3. The van der Waals surface area contributed by atoms with Crippen LogP contribution in [0.5, 0.6) is 0 Å². The van der Waals surface area contributed by atoms with E-state index < -0.39 is 5.91 Å². The smallest absolute Gasteiger partial charge is 0.259 e. The fourth-order valence-corrected chi connectivity index (χ4v) is 2.12. The molecule has 0 saturated carbocycles. The number of thiophene rings is 1. The molecule has 2 N–H and O–H groups in total. The maximum atomic E-state index is 11.1. The first-order chi connectivity index (χ1) is 7.72. The summed E-state index contributed by atoms with van der Waals surface area (Å²) >= 11 is 1.30. The third-order valence-corrected chi connectivity index (χ3v) is 3.01. The number of hydrogen-bond donors (Lipinski definition) is 1. The lowest BCUT2D eigenvalue weighted by molar-refractivity contribution is 0.100. The number of nitrogens with two attached hydrogens (primary N) is 1. The number of nitrogens with zero attached hydrogens (tertiary/aromatic N) is 2. The normalized spacial score (nSPS) is 9.69. The summed E-state index contributed by atoms with van der Waals surface area (Å²) in [4.78, 5) is 15.6. The minimum absolute atomic E-state index is 0.347. The molecule has 1 amide bonds. The number of aromatic nitrogens is 1. The Hall–Kier alpha value is -2.19. The van der Waals surface area contributed by atoms with Gasteiger partial charge in [0.25, 0.3) is 5.91 Å². The minimum atomic E-state index is -0.450. The van der Waals surface area contributed by atoms with E-state index in [2.05, 4.69) is 4.98 Å². The van der Waals surface area contributed by atoms with Crippen molar-refractivity contribution in [1.82, 2.24) is 4.98 Å². The Bertz CT molecular complexity index is 566. The van der Waals surface area contributed by atoms with Gasteiger partial charge in [0.1, 0.15) is 11.8 Å². The van der Waals surface area contributed by atoms with Gasteiger partial charge in [-0.1, -0.05) is 0 Å². The Morgan fingerprint density at radius 3 is 2.81 bits per heavy atom. The van der Waals surface area contributed by atoms with Gasteiger partial charge >= 0.3 is 0 Å². The van der Waals surface area contributed by atoms with Crippen LogP contribution in [0.4, 0.5) is 0 Å². The van der Waals surface area contributed by atoms with Crippen LogP contribution in [0.15, 0.2) is 29.8 Å². The largest absolute Gasteiger partial charge is 0.365 e. The number of carbonyl (C=O) groups is 1. The second kappa shape index (κ2) is 4.13. The first-order valence-corrected chi connectivity index (χ1v) is 5.34. The number of primary amides is 1. The lowest BCUT2D eigenvalue weighted by Gasteiger charge is -2.00. The lowest BCUT2D eigenvalue weighted by Crippen LogP contribution is -2.09. The summed E-state index contributed by atoms with van der Waals surface area (Å²) < 4.78 is 0. The van der Waals surface area contributed by atoms with Crippen molar-refractivity contribution in [1.29, 1.82) is 5.26 Å². The van der Waals surface area contributed by atoms with E-state index in [0.717, 1.165) is 11.1 Å². The maximum Gasteiger partial charge on any atom is 0.259 e. The maximum absolute atomic E-state index is 11.1. The Balaban J connectivity index is 2.47. The van der Waals surface area contributed by atoms with E-state index in [1.165, 1.54) is 11.3 Å². The zero-order chi connectivity index (χ0) is 11.5. The molecule has 0 unspecified atom stereocenters. The molecule has 0 aromatic carbocycles. The van der Waals surface area contributed by atoms with Crippen molar-refractivity contribution in [2.45, 2.75) is 0 Å². The van der Waals surface area contributed by atoms with Crippen LogP contribution < -0.4 is 5.73 Å². The van der Waals surface area contributed by atoms with E-state index in [0.29, 0.717) is 10.6 Å². The number of carbonyl (C=O) groups excluding carboxylic acids is 1. The standard InChI is InChI=1S/C11H7N3OS/c12-5-8-2-1-7(6-14-8)9-3-4-16-10(9)11(13)15/h1-4,6H,(H2,13,15). The molecule has 2 rings (SSSR count). The van der Waals surface area contributed by atoms with Crippen molar-refractivity contribution in [3.8, 4) is 17.2 Å². The topological polar surface area (TPSA) is 79.8 Å². The molecule has 2 heterocycles. The molecule has 4 nitrogen and oxygen atoms in total. The van der Waals surface area contributed by atoms with E-state index >= 15 is 0 Å². The average molecular weight is 229 g/mol. The Kier molecular flexibility index (Phi) is 2.66. The van der Waals surface area contributed by atoms with Crippen LogP contribution in [-0.4, -0.2) is 10.9 Å². The molecule has 0 radical (unpaired) electrons. The van der Waals surface area contributed by atoms with Gasteiger partial charge in [0.2, 0.25) is 0 Å². The van der Waals surface area contributed by atoms with Crippen molar-refractivity contribution >= 4 is 17.2 Å². The van der Waals surface area contributed by atoms with Gasteiger partial charge in [0.15, 0.2) is 0 Å². The summed E-state index contributed by atoms with van der Waals surface area (Å²) in [5, 5.41) is 10.4. The second-order valence-electron chi connectivity index (χ2n) is 3.07. The van der Waals surface area contributed by atoms with Crippen molar-refractivity contribution in [2.75, 3.05) is 0 Å². The Labute approximate surface area is 96.0 Å². The highest BCUT2D eigenvalue weighted by atomic mass is 32.1. The summed E-state index contributed by atoms with van der Waals surface area (Å²) in [5.41, 5.74) is 7.14. The number of amides is 1. The molecule has 0 aliphatic carbocycles. The molecule has 0 spiro atoms. The molecule has 16 heavy (non-hydrogen) atoms. The number of pyridine rings is 1. The fourth-order valence-electron chi connectivity index (χ4n) is 1.35. The van der Waals surface area contributed by atoms with E-state index in [1.54, 1.807) is 23.7 Å². The quantitative estimate of drug-likeness (QED) is 0.852. The van der Waals surface area contributed by atoms with Gasteiger partial charge < -0.3 is 5.73 Å². The van der Waals surface area contributed by atoms with Gasteiger partial charge in [0, 0.05) is 17.3 Å². The number of hydrogen-bond acceptors (Lipinski definition) is 4. The van der Waals surface area contributed by atoms with E-state index in [9.17, 15) is 4.79 Å². The lowest BCUT2D eigenvalue weighted by atomic mass is 10.1. The highest BCUT2D eigenvalue weighted by Crippen LogP contribution is 2.27. The molecule has 0 fully saturated rings. The SMILES string of the molecule is N#Cc1ccc(-c2ccsc2C(N)=O)cn1. The molecule has 0 aliphatic rings. The van der Waals surface area contributed by atoms with Crippen LogP contribution in [0.25, 0.3) is 11.1 Å². The van der Waals surface area contributed by atoms with E-state index in [1.807, 2.05) is 12.1 Å². The molecule has 0 aliphatic heterocycles. The predicted octanol–water partition coefficient (Wildman–Crippen LogP) is 1.78. The van der Waals surface area contributed by atoms with Crippen LogP contribution in [0.2, 0.25) is 0 Å². The second-order valence-corrected chi connectivity index (χ2v) is 3.99. The fraction of sp³-hybridized carbons (Fsp3) is 0. The summed E-state index contributed by atoms with van der Waals surface area (Å²) in [7, 11) is 0. The molecule has 2 aromatic heterocycles. The predicted molar refractivity (Wildman–Crippen MR) is 60.8 cm³/mol. The van der Waals surface area contributed by atoms with Crippen molar-refractivity contribution in [3.63, 3.8) is 0 Å². The summed E-state index contributed by atoms with van der Waals surface area (Å²) in [5.74, 6) is -0.450. The third-order valence-electron chi connectivity index (χ3n) is 2.08. The van der Waals surface area contributed by atoms with Crippen LogP contribution >= 0.6 is 11.3 Å². The molecule has 0 saturated heterocycles. The third kappa shape index (κ3) is 1.78. The van der Waals surface area contributed by atoms with Crippen LogP contribution in [0, 0.1) is 11.3 Å². The van der Waals surface area contributed by atoms with Crippen molar-refractivity contribution in [3.05, 3.63) is 40.3 Å². The summed E-state index contributed by atoms with van der Waals surface area (Å²) in [6.45, 7) is 0. The molecule has 0 atom stereocenters. The van der Waals surface area contributed by atoms with Crippen LogP contribution in [-0.2, 0) is 0 Å².